The van der Waals surface area contributed by atoms with Crippen LogP contribution in [0.15, 0.2) is 89.9 Å². The van der Waals surface area contributed by atoms with E-state index in [1.54, 1.807) is 9.25 Å². The van der Waals surface area contributed by atoms with Gasteiger partial charge in [0.05, 0.1) is 41.4 Å². The molecule has 0 saturated carbocycles. The summed E-state index contributed by atoms with van der Waals surface area (Å²) in [5.74, 6) is 0.551. The fourth-order valence-electron chi connectivity index (χ4n) is 4.21. The third kappa shape index (κ3) is 3.76. The van der Waals surface area contributed by atoms with Crippen LogP contribution in [0.25, 0.3) is 33.3 Å². The molecule has 0 aliphatic rings. The first kappa shape index (κ1) is 20.4. The van der Waals surface area contributed by atoms with E-state index in [9.17, 15) is 4.79 Å². The molecule has 6 aromatic rings. The maximum atomic E-state index is 13.6. The van der Waals surface area contributed by atoms with E-state index in [-0.39, 0.29) is 5.56 Å². The predicted molar refractivity (Wildman–Crippen MR) is 133 cm³/mol. The topological polar surface area (TPSA) is 81.4 Å². The van der Waals surface area contributed by atoms with Gasteiger partial charge in [0.1, 0.15) is 11.5 Å². The number of aromatic amines is 1. The Labute approximate surface area is 199 Å². The first-order valence-electron chi connectivity index (χ1n) is 10.9. The SMILES string of the molecule is O=c1c(-c2nc3ccccc3[nH]2)cc2ccccc2n1Cc1cn(Cc2cccc(Cl)c2)nn1. The number of hydrogen-bond acceptors (Lipinski definition) is 4. The van der Waals surface area contributed by atoms with Gasteiger partial charge in [-0.05, 0) is 47.3 Å². The molecule has 0 aliphatic carbocycles. The van der Waals surface area contributed by atoms with Crippen LogP contribution < -0.4 is 5.56 Å². The number of para-hydroxylation sites is 3. The summed E-state index contributed by atoms with van der Waals surface area (Å²) in [7, 11) is 0. The number of pyridine rings is 1. The Morgan fingerprint density at radius 3 is 2.65 bits per heavy atom. The minimum atomic E-state index is -0.137. The third-order valence-corrected chi connectivity index (χ3v) is 6.02. The van der Waals surface area contributed by atoms with Crippen LogP contribution >= 0.6 is 11.6 Å². The average Bonchev–Trinajstić information content (AvgIpc) is 3.47. The molecule has 0 amide bonds. The molecule has 3 heterocycles. The Hall–Kier alpha value is -4.23. The molecule has 0 spiro atoms. The maximum absolute atomic E-state index is 13.6. The number of H-pyrrole nitrogens is 1. The van der Waals surface area contributed by atoms with E-state index < -0.39 is 0 Å². The van der Waals surface area contributed by atoms with Crippen molar-refractivity contribution in [3.8, 4) is 11.4 Å². The molecule has 7 nitrogen and oxygen atoms in total. The second-order valence-electron chi connectivity index (χ2n) is 8.15. The molecule has 0 bridgehead atoms. The summed E-state index contributed by atoms with van der Waals surface area (Å²) in [6, 6.07) is 25.1. The van der Waals surface area contributed by atoms with Crippen molar-refractivity contribution in [2.75, 3.05) is 0 Å². The highest BCUT2D eigenvalue weighted by molar-refractivity contribution is 6.30. The van der Waals surface area contributed by atoms with Crippen LogP contribution in [0, 0.1) is 0 Å². The fourth-order valence-corrected chi connectivity index (χ4v) is 4.42. The number of hydrogen-bond donors (Lipinski definition) is 1. The van der Waals surface area contributed by atoms with Crippen molar-refractivity contribution in [2.24, 2.45) is 0 Å². The van der Waals surface area contributed by atoms with Gasteiger partial charge in [-0.1, -0.05) is 59.3 Å². The normalized spacial score (nSPS) is 11.4. The fraction of sp³-hybridized carbons (Fsp3) is 0.0769. The van der Waals surface area contributed by atoms with Crippen molar-refractivity contribution in [3.05, 3.63) is 112 Å². The average molecular weight is 467 g/mol. The summed E-state index contributed by atoms with van der Waals surface area (Å²) in [5.41, 5.74) is 4.63. The van der Waals surface area contributed by atoms with Crippen molar-refractivity contribution in [2.45, 2.75) is 13.1 Å². The first-order chi connectivity index (χ1) is 16.6. The van der Waals surface area contributed by atoms with Crippen LogP contribution in [0.2, 0.25) is 5.02 Å². The Kier molecular flexibility index (Phi) is 4.96. The van der Waals surface area contributed by atoms with E-state index in [1.165, 1.54) is 0 Å². The summed E-state index contributed by atoms with van der Waals surface area (Å²) in [4.78, 5) is 21.6. The predicted octanol–water partition coefficient (Wildman–Crippen LogP) is 4.89. The molecule has 0 radical (unpaired) electrons. The van der Waals surface area contributed by atoms with Crippen LogP contribution in [0.3, 0.4) is 0 Å². The Balaban J connectivity index is 1.40. The number of halogens is 1. The van der Waals surface area contributed by atoms with Gasteiger partial charge in [0.2, 0.25) is 0 Å². The summed E-state index contributed by atoms with van der Waals surface area (Å²) >= 11 is 6.10. The quantitative estimate of drug-likeness (QED) is 0.392. The lowest BCUT2D eigenvalue weighted by Crippen LogP contribution is -2.23. The van der Waals surface area contributed by atoms with Gasteiger partial charge < -0.3 is 9.55 Å². The van der Waals surface area contributed by atoms with Gasteiger partial charge in [0.25, 0.3) is 5.56 Å². The molecule has 0 fully saturated rings. The molecular formula is C26H19ClN6O. The molecule has 166 valence electrons. The van der Waals surface area contributed by atoms with Crippen LogP contribution in [0.5, 0.6) is 0 Å². The zero-order chi connectivity index (χ0) is 23.1. The Morgan fingerprint density at radius 2 is 1.76 bits per heavy atom. The molecule has 6 rings (SSSR count). The zero-order valence-corrected chi connectivity index (χ0v) is 18.8. The number of fused-ring (bicyclic) bond motifs is 2. The van der Waals surface area contributed by atoms with Crippen molar-refractivity contribution < 1.29 is 0 Å². The van der Waals surface area contributed by atoms with E-state index in [0.29, 0.717) is 35.2 Å². The van der Waals surface area contributed by atoms with Gasteiger partial charge in [0.15, 0.2) is 0 Å². The van der Waals surface area contributed by atoms with Gasteiger partial charge in [-0.2, -0.15) is 0 Å². The minimum absolute atomic E-state index is 0.137. The second kappa shape index (κ2) is 8.28. The molecule has 8 heteroatoms. The lowest BCUT2D eigenvalue weighted by molar-refractivity contribution is 0.648. The Morgan fingerprint density at radius 1 is 0.912 bits per heavy atom. The van der Waals surface area contributed by atoms with Gasteiger partial charge in [-0.25, -0.2) is 9.67 Å². The molecule has 34 heavy (non-hydrogen) atoms. The van der Waals surface area contributed by atoms with Crippen molar-refractivity contribution >= 4 is 33.5 Å². The summed E-state index contributed by atoms with van der Waals surface area (Å²) in [6.45, 7) is 0.838. The third-order valence-electron chi connectivity index (χ3n) is 5.79. The highest BCUT2D eigenvalue weighted by Crippen LogP contribution is 2.22. The van der Waals surface area contributed by atoms with E-state index in [4.69, 9.17) is 11.6 Å². The smallest absolute Gasteiger partial charge is 0.262 e. The van der Waals surface area contributed by atoms with E-state index in [1.807, 2.05) is 85.1 Å². The zero-order valence-electron chi connectivity index (χ0n) is 18.0. The van der Waals surface area contributed by atoms with E-state index in [0.717, 1.165) is 27.5 Å². The van der Waals surface area contributed by atoms with Crippen LogP contribution in [-0.2, 0) is 13.1 Å². The van der Waals surface area contributed by atoms with Gasteiger partial charge in [0, 0.05) is 5.02 Å². The molecule has 0 atom stereocenters. The Bertz CT molecular complexity index is 1680. The highest BCUT2D eigenvalue weighted by atomic mass is 35.5. The molecule has 0 unspecified atom stereocenters. The lowest BCUT2D eigenvalue weighted by Gasteiger charge is -2.11. The standard InChI is InChI=1S/C26H19ClN6O/c27-19-8-5-6-17(12-19)14-32-15-20(30-31-32)16-33-24-11-4-1-7-18(24)13-21(26(33)34)25-28-22-9-2-3-10-23(22)29-25/h1-13,15H,14,16H2,(H,28,29). The lowest BCUT2D eigenvalue weighted by atomic mass is 10.1. The molecule has 3 aromatic heterocycles. The van der Waals surface area contributed by atoms with Gasteiger partial charge in [-0.15, -0.1) is 5.10 Å². The highest BCUT2D eigenvalue weighted by Gasteiger charge is 2.15. The number of benzene rings is 3. The summed E-state index contributed by atoms with van der Waals surface area (Å²) < 4.78 is 3.48. The molecule has 0 aliphatic heterocycles. The van der Waals surface area contributed by atoms with Crippen molar-refractivity contribution in [1.82, 2.24) is 29.5 Å². The molecule has 3 aromatic carbocycles. The van der Waals surface area contributed by atoms with Crippen LogP contribution in [-0.4, -0.2) is 29.5 Å². The second-order valence-corrected chi connectivity index (χ2v) is 8.58. The minimum Gasteiger partial charge on any atom is -0.338 e. The van der Waals surface area contributed by atoms with Gasteiger partial charge in [-0.3, -0.25) is 4.79 Å². The van der Waals surface area contributed by atoms with Gasteiger partial charge >= 0.3 is 0 Å². The number of imidazole rings is 1. The molecular weight excluding hydrogens is 448 g/mol. The summed E-state index contributed by atoms with van der Waals surface area (Å²) in [6.07, 6.45) is 1.86. The van der Waals surface area contributed by atoms with E-state index >= 15 is 0 Å². The molecule has 0 saturated heterocycles. The number of rotatable bonds is 5. The van der Waals surface area contributed by atoms with Crippen LogP contribution in [0.1, 0.15) is 11.3 Å². The number of nitrogens with zero attached hydrogens (tertiary/aromatic N) is 5. The first-order valence-corrected chi connectivity index (χ1v) is 11.2. The summed E-state index contributed by atoms with van der Waals surface area (Å²) in [5, 5.41) is 10.2. The largest absolute Gasteiger partial charge is 0.338 e. The maximum Gasteiger partial charge on any atom is 0.262 e. The molecule has 1 N–H and O–H groups in total. The number of nitrogens with one attached hydrogen (secondary N) is 1. The van der Waals surface area contributed by atoms with Crippen LogP contribution in [0.4, 0.5) is 0 Å². The monoisotopic (exact) mass is 466 g/mol. The number of aromatic nitrogens is 6. The van der Waals surface area contributed by atoms with Crippen molar-refractivity contribution in [1.29, 1.82) is 0 Å². The van der Waals surface area contributed by atoms with E-state index in [2.05, 4.69) is 20.3 Å². The van der Waals surface area contributed by atoms with Crippen molar-refractivity contribution in [3.63, 3.8) is 0 Å².